The average Bonchev–Trinajstić information content (AvgIpc) is 3.04. The fourth-order valence-electron chi connectivity index (χ4n) is 2.90. The van der Waals surface area contributed by atoms with Crippen molar-refractivity contribution in [2.75, 3.05) is 0 Å². The van der Waals surface area contributed by atoms with Gasteiger partial charge in [0.1, 0.15) is 6.17 Å². The molecule has 3 atom stereocenters. The Balaban J connectivity index is 2.00. The summed E-state index contributed by atoms with van der Waals surface area (Å²) in [6, 6.07) is 2.35. The van der Waals surface area contributed by atoms with E-state index in [4.69, 9.17) is 0 Å². The van der Waals surface area contributed by atoms with Crippen molar-refractivity contribution in [2.24, 2.45) is 0 Å². The summed E-state index contributed by atoms with van der Waals surface area (Å²) < 4.78 is 0. The molecule has 3 unspecified atom stereocenters. The molecule has 4 heteroatoms. The maximum atomic E-state index is 12.4. The van der Waals surface area contributed by atoms with Crippen LogP contribution < -0.4 is 5.32 Å². The SMILES string of the molecule is CCCCCCC(C)N1C(=O)C(C)NC1c1ccsc1. The van der Waals surface area contributed by atoms with Crippen LogP contribution in [0, 0.1) is 0 Å². The molecule has 1 aromatic rings. The van der Waals surface area contributed by atoms with E-state index >= 15 is 0 Å². The Morgan fingerprint density at radius 1 is 1.40 bits per heavy atom. The number of carbonyl (C=O) groups excluding carboxylic acids is 1. The summed E-state index contributed by atoms with van der Waals surface area (Å²) in [7, 11) is 0. The van der Waals surface area contributed by atoms with Crippen LogP contribution in [0.2, 0.25) is 0 Å². The van der Waals surface area contributed by atoms with Crippen molar-refractivity contribution in [2.45, 2.75) is 71.1 Å². The first-order valence-corrected chi connectivity index (χ1v) is 8.69. The Kier molecular flexibility index (Phi) is 5.61. The second-order valence-electron chi connectivity index (χ2n) is 5.79. The molecule has 20 heavy (non-hydrogen) atoms. The molecule has 3 nitrogen and oxygen atoms in total. The van der Waals surface area contributed by atoms with Crippen molar-refractivity contribution in [1.82, 2.24) is 10.2 Å². The lowest BCUT2D eigenvalue weighted by Crippen LogP contribution is -2.38. The van der Waals surface area contributed by atoms with Crippen LogP contribution in [0.25, 0.3) is 0 Å². The number of nitrogens with zero attached hydrogens (tertiary/aromatic N) is 1. The quantitative estimate of drug-likeness (QED) is 0.773. The highest BCUT2D eigenvalue weighted by atomic mass is 32.1. The zero-order chi connectivity index (χ0) is 14.5. The van der Waals surface area contributed by atoms with Gasteiger partial charge in [-0.1, -0.05) is 32.6 Å². The maximum absolute atomic E-state index is 12.4. The summed E-state index contributed by atoms with van der Waals surface area (Å²) in [5.74, 6) is 0.240. The predicted octanol–water partition coefficient (Wildman–Crippen LogP) is 3.93. The summed E-state index contributed by atoms with van der Waals surface area (Å²) in [6.07, 6.45) is 6.19. The Bertz CT molecular complexity index is 418. The number of nitrogens with one attached hydrogen (secondary N) is 1. The molecule has 0 spiro atoms. The molecule has 1 amide bonds. The summed E-state index contributed by atoms with van der Waals surface area (Å²) in [6.45, 7) is 6.38. The predicted molar refractivity (Wildman–Crippen MR) is 84.7 cm³/mol. The van der Waals surface area contributed by atoms with Crippen molar-refractivity contribution >= 4 is 17.2 Å². The van der Waals surface area contributed by atoms with Crippen LogP contribution in [0.4, 0.5) is 0 Å². The smallest absolute Gasteiger partial charge is 0.241 e. The zero-order valence-electron chi connectivity index (χ0n) is 12.8. The lowest BCUT2D eigenvalue weighted by atomic mass is 10.1. The summed E-state index contributed by atoms with van der Waals surface area (Å²) in [5.41, 5.74) is 1.22. The summed E-state index contributed by atoms with van der Waals surface area (Å²) in [5, 5.41) is 7.64. The lowest BCUT2D eigenvalue weighted by molar-refractivity contribution is -0.131. The first kappa shape index (κ1) is 15.5. The fourth-order valence-corrected chi connectivity index (χ4v) is 3.58. The highest BCUT2D eigenvalue weighted by Gasteiger charge is 2.39. The van der Waals surface area contributed by atoms with E-state index in [2.05, 4.69) is 40.9 Å². The number of carbonyl (C=O) groups is 1. The lowest BCUT2D eigenvalue weighted by Gasteiger charge is -2.30. The van der Waals surface area contributed by atoms with Gasteiger partial charge in [-0.25, -0.2) is 0 Å². The first-order chi connectivity index (χ1) is 9.65. The van der Waals surface area contributed by atoms with Gasteiger partial charge in [0, 0.05) is 6.04 Å². The van der Waals surface area contributed by atoms with E-state index in [1.807, 2.05) is 6.92 Å². The molecular weight excluding hydrogens is 268 g/mol. The molecule has 1 saturated heterocycles. The van der Waals surface area contributed by atoms with E-state index in [-0.39, 0.29) is 18.1 Å². The van der Waals surface area contributed by atoms with Crippen LogP contribution in [0.1, 0.15) is 64.6 Å². The minimum Gasteiger partial charge on any atom is -0.319 e. The van der Waals surface area contributed by atoms with E-state index in [0.29, 0.717) is 6.04 Å². The van der Waals surface area contributed by atoms with Gasteiger partial charge in [0.15, 0.2) is 0 Å². The molecule has 112 valence electrons. The van der Waals surface area contributed by atoms with Gasteiger partial charge in [-0.3, -0.25) is 10.1 Å². The average molecular weight is 294 g/mol. The van der Waals surface area contributed by atoms with Crippen molar-refractivity contribution in [3.63, 3.8) is 0 Å². The Morgan fingerprint density at radius 3 is 2.85 bits per heavy atom. The number of thiophene rings is 1. The van der Waals surface area contributed by atoms with Gasteiger partial charge in [-0.15, -0.1) is 0 Å². The van der Waals surface area contributed by atoms with E-state index in [1.165, 1.54) is 31.2 Å². The third kappa shape index (κ3) is 3.41. The molecular formula is C16H26N2OS. The number of hydrogen-bond donors (Lipinski definition) is 1. The van der Waals surface area contributed by atoms with Crippen LogP contribution in [-0.2, 0) is 4.79 Å². The van der Waals surface area contributed by atoms with Gasteiger partial charge < -0.3 is 4.90 Å². The normalized spacial score (nSPS) is 24.4. The largest absolute Gasteiger partial charge is 0.319 e. The Morgan fingerprint density at radius 2 is 2.20 bits per heavy atom. The minimum absolute atomic E-state index is 0.0601. The standard InChI is InChI=1S/C16H26N2OS/c1-4-5-6-7-8-12(2)18-15(14-9-10-20-11-14)17-13(3)16(18)19/h9-13,15,17H,4-8H2,1-3H3. The number of rotatable bonds is 7. The third-order valence-corrected chi connectivity index (χ3v) is 4.82. The van der Waals surface area contributed by atoms with Gasteiger partial charge in [-0.2, -0.15) is 11.3 Å². The first-order valence-electron chi connectivity index (χ1n) is 7.75. The molecule has 1 fully saturated rings. The van der Waals surface area contributed by atoms with E-state index in [1.54, 1.807) is 11.3 Å². The van der Waals surface area contributed by atoms with E-state index in [9.17, 15) is 4.79 Å². The van der Waals surface area contributed by atoms with Gasteiger partial charge in [-0.05, 0) is 42.7 Å². The van der Waals surface area contributed by atoms with Gasteiger partial charge >= 0.3 is 0 Å². The molecule has 1 aliphatic heterocycles. The molecule has 2 heterocycles. The Hall–Kier alpha value is -0.870. The second-order valence-corrected chi connectivity index (χ2v) is 6.57. The number of amides is 1. The third-order valence-electron chi connectivity index (χ3n) is 4.12. The van der Waals surface area contributed by atoms with Crippen LogP contribution in [-0.4, -0.2) is 22.9 Å². The monoisotopic (exact) mass is 294 g/mol. The van der Waals surface area contributed by atoms with Crippen LogP contribution in [0.3, 0.4) is 0 Å². The topological polar surface area (TPSA) is 32.3 Å². The molecule has 2 rings (SSSR count). The molecule has 0 aliphatic carbocycles. The van der Waals surface area contributed by atoms with Crippen molar-refractivity contribution in [3.05, 3.63) is 22.4 Å². The summed E-state index contributed by atoms with van der Waals surface area (Å²) >= 11 is 1.69. The zero-order valence-corrected chi connectivity index (χ0v) is 13.6. The molecule has 1 aromatic heterocycles. The van der Waals surface area contributed by atoms with Crippen molar-refractivity contribution < 1.29 is 4.79 Å². The number of hydrogen-bond acceptors (Lipinski definition) is 3. The van der Waals surface area contributed by atoms with Crippen LogP contribution >= 0.6 is 11.3 Å². The minimum atomic E-state index is -0.0713. The molecule has 1 N–H and O–H groups in total. The molecule has 0 saturated carbocycles. The van der Waals surface area contributed by atoms with E-state index in [0.717, 1.165) is 6.42 Å². The number of unbranched alkanes of at least 4 members (excludes halogenated alkanes) is 3. The highest BCUT2D eigenvalue weighted by Crippen LogP contribution is 2.30. The molecule has 0 radical (unpaired) electrons. The Labute approximate surface area is 126 Å². The van der Waals surface area contributed by atoms with Gasteiger partial charge in [0.25, 0.3) is 0 Å². The van der Waals surface area contributed by atoms with Gasteiger partial charge in [0.05, 0.1) is 6.04 Å². The summed E-state index contributed by atoms with van der Waals surface area (Å²) in [4.78, 5) is 14.5. The van der Waals surface area contributed by atoms with E-state index < -0.39 is 0 Å². The fraction of sp³-hybridized carbons (Fsp3) is 0.688. The van der Waals surface area contributed by atoms with Crippen LogP contribution in [0.5, 0.6) is 0 Å². The van der Waals surface area contributed by atoms with Gasteiger partial charge in [0.2, 0.25) is 5.91 Å². The molecule has 1 aliphatic rings. The molecule has 0 bridgehead atoms. The second kappa shape index (κ2) is 7.23. The van der Waals surface area contributed by atoms with Crippen molar-refractivity contribution in [3.8, 4) is 0 Å². The van der Waals surface area contributed by atoms with Crippen molar-refractivity contribution in [1.29, 1.82) is 0 Å². The molecule has 0 aromatic carbocycles. The van der Waals surface area contributed by atoms with Crippen LogP contribution in [0.15, 0.2) is 16.8 Å². The highest BCUT2D eigenvalue weighted by molar-refractivity contribution is 7.07. The maximum Gasteiger partial charge on any atom is 0.241 e.